The number of hydrogen-bond acceptors (Lipinski definition) is 3. The van der Waals surface area contributed by atoms with Crippen LogP contribution in [0.2, 0.25) is 0 Å². The molecule has 1 aliphatic rings. The minimum absolute atomic E-state index is 0.218. The maximum absolute atomic E-state index is 14.2. The van der Waals surface area contributed by atoms with Crippen molar-refractivity contribution in [1.29, 1.82) is 0 Å². The first-order chi connectivity index (χ1) is 11.9. The molecule has 1 fully saturated rings. The molecule has 1 aromatic carbocycles. The summed E-state index contributed by atoms with van der Waals surface area (Å²) in [5, 5.41) is 1.32. The van der Waals surface area contributed by atoms with E-state index in [1.807, 2.05) is 0 Å². The van der Waals surface area contributed by atoms with Gasteiger partial charge >= 0.3 is 5.38 Å². The molecule has 0 radical (unpaired) electrons. The highest BCUT2D eigenvalue weighted by Gasteiger charge is 2.37. The van der Waals surface area contributed by atoms with Crippen molar-refractivity contribution >= 4 is 22.6 Å². The lowest BCUT2D eigenvalue weighted by Gasteiger charge is -2.13. The van der Waals surface area contributed by atoms with Gasteiger partial charge in [0.1, 0.15) is 5.75 Å². The van der Waals surface area contributed by atoms with Crippen LogP contribution in [0.15, 0.2) is 30.3 Å². The quantitative estimate of drug-likeness (QED) is 0.624. The fourth-order valence-corrected chi connectivity index (χ4v) is 3.20. The molecular formula is C18H16ClF2N3O. The van der Waals surface area contributed by atoms with Crippen LogP contribution in [-0.2, 0) is 12.4 Å². The highest BCUT2D eigenvalue weighted by Crippen LogP contribution is 2.46. The summed E-state index contributed by atoms with van der Waals surface area (Å²) in [4.78, 5) is 4.57. The molecule has 0 N–H and O–H groups in total. The molecule has 1 saturated carbocycles. The van der Waals surface area contributed by atoms with Crippen molar-refractivity contribution in [2.24, 2.45) is 7.05 Å². The van der Waals surface area contributed by atoms with Crippen LogP contribution in [0.3, 0.4) is 0 Å². The second kappa shape index (κ2) is 5.66. The van der Waals surface area contributed by atoms with Gasteiger partial charge in [-0.15, -0.1) is 0 Å². The van der Waals surface area contributed by atoms with E-state index in [-0.39, 0.29) is 11.5 Å². The van der Waals surface area contributed by atoms with Crippen molar-refractivity contribution < 1.29 is 13.5 Å². The number of hydrogen-bond donors (Lipinski definition) is 0. The number of methoxy groups -OCH3 is 1. The second-order valence-corrected chi connectivity index (χ2v) is 6.74. The lowest BCUT2D eigenvalue weighted by Crippen LogP contribution is -2.06. The van der Waals surface area contributed by atoms with Crippen molar-refractivity contribution in [2.75, 3.05) is 7.11 Å². The third-order valence-electron chi connectivity index (χ3n) is 4.48. The predicted octanol–water partition coefficient (Wildman–Crippen LogP) is 4.81. The van der Waals surface area contributed by atoms with Gasteiger partial charge in [-0.25, -0.2) is 4.98 Å². The number of aromatic nitrogens is 3. The second-order valence-electron chi connectivity index (χ2n) is 6.26. The summed E-state index contributed by atoms with van der Waals surface area (Å²) < 4.78 is 35.0. The topological polar surface area (TPSA) is 39.9 Å². The normalized spacial score (nSPS) is 14.9. The van der Waals surface area contributed by atoms with E-state index in [1.54, 1.807) is 43.1 Å². The average molecular weight is 364 g/mol. The molecule has 0 saturated heterocycles. The van der Waals surface area contributed by atoms with Crippen molar-refractivity contribution in [3.63, 3.8) is 0 Å². The van der Waals surface area contributed by atoms with Crippen LogP contribution < -0.4 is 4.74 Å². The molecule has 0 unspecified atom stereocenters. The molecule has 2 heterocycles. The third-order valence-corrected chi connectivity index (χ3v) is 4.68. The average Bonchev–Trinajstić information content (AvgIpc) is 3.38. The van der Waals surface area contributed by atoms with Gasteiger partial charge in [-0.2, -0.15) is 13.9 Å². The van der Waals surface area contributed by atoms with E-state index in [2.05, 4.69) is 10.1 Å². The van der Waals surface area contributed by atoms with Crippen LogP contribution in [0.25, 0.3) is 22.3 Å². The summed E-state index contributed by atoms with van der Waals surface area (Å²) in [5.41, 5.74) is 1.99. The van der Waals surface area contributed by atoms with Crippen LogP contribution in [0.5, 0.6) is 5.75 Å². The Morgan fingerprint density at radius 2 is 1.92 bits per heavy atom. The third kappa shape index (κ3) is 2.84. The predicted molar refractivity (Wildman–Crippen MR) is 92.2 cm³/mol. The van der Waals surface area contributed by atoms with E-state index < -0.39 is 5.38 Å². The zero-order valence-corrected chi connectivity index (χ0v) is 14.5. The number of benzene rings is 1. The number of ether oxygens (including phenoxy) is 1. The van der Waals surface area contributed by atoms with E-state index in [0.29, 0.717) is 33.7 Å². The SMILES string of the molecule is COc1ccc(-c2cc(C(F)(F)Cl)c3c(C4CC4)nn(C)c3n2)cc1. The van der Waals surface area contributed by atoms with Crippen LogP contribution in [0.1, 0.15) is 30.0 Å². The summed E-state index contributed by atoms with van der Waals surface area (Å²) in [6, 6.07) is 8.45. The van der Waals surface area contributed by atoms with Crippen molar-refractivity contribution in [1.82, 2.24) is 14.8 Å². The fraction of sp³-hybridized carbons (Fsp3) is 0.333. The lowest BCUT2D eigenvalue weighted by atomic mass is 10.0. The van der Waals surface area contributed by atoms with Gasteiger partial charge in [0.05, 0.1) is 29.4 Å². The van der Waals surface area contributed by atoms with Crippen molar-refractivity contribution in [2.45, 2.75) is 24.1 Å². The number of aryl methyl sites for hydroxylation is 1. The molecule has 4 nitrogen and oxygen atoms in total. The minimum atomic E-state index is -3.49. The van der Waals surface area contributed by atoms with Gasteiger partial charge in [-0.05, 0) is 54.8 Å². The molecule has 0 aliphatic heterocycles. The van der Waals surface area contributed by atoms with Crippen LogP contribution in [0, 0.1) is 0 Å². The van der Waals surface area contributed by atoms with Gasteiger partial charge in [0.25, 0.3) is 0 Å². The molecule has 130 valence electrons. The molecule has 25 heavy (non-hydrogen) atoms. The van der Waals surface area contributed by atoms with Gasteiger partial charge in [-0.1, -0.05) is 0 Å². The lowest BCUT2D eigenvalue weighted by molar-refractivity contribution is 0.0968. The van der Waals surface area contributed by atoms with Crippen LogP contribution >= 0.6 is 11.6 Å². The molecule has 0 atom stereocenters. The summed E-state index contributed by atoms with van der Waals surface area (Å²) in [7, 11) is 3.29. The minimum Gasteiger partial charge on any atom is -0.497 e. The number of halogens is 3. The van der Waals surface area contributed by atoms with Crippen molar-refractivity contribution in [3.8, 4) is 17.0 Å². The molecule has 3 aromatic rings. The van der Waals surface area contributed by atoms with E-state index in [1.165, 1.54) is 6.07 Å². The smallest absolute Gasteiger partial charge is 0.349 e. The van der Waals surface area contributed by atoms with Gasteiger partial charge in [-0.3, -0.25) is 4.68 Å². The Morgan fingerprint density at radius 3 is 2.48 bits per heavy atom. The van der Waals surface area contributed by atoms with E-state index in [0.717, 1.165) is 12.8 Å². The zero-order chi connectivity index (χ0) is 17.8. The molecule has 4 rings (SSSR count). The Morgan fingerprint density at radius 1 is 1.24 bits per heavy atom. The molecule has 0 bridgehead atoms. The summed E-state index contributed by atoms with van der Waals surface area (Å²) in [6.07, 6.45) is 1.92. The molecule has 0 spiro atoms. The Labute approximate surface area is 148 Å². The maximum Gasteiger partial charge on any atom is 0.349 e. The number of rotatable bonds is 4. The van der Waals surface area contributed by atoms with Crippen LogP contribution in [-0.4, -0.2) is 21.9 Å². The first-order valence-electron chi connectivity index (χ1n) is 7.97. The molecular weight excluding hydrogens is 348 g/mol. The maximum atomic E-state index is 14.2. The number of pyridine rings is 1. The Balaban J connectivity index is 1.96. The summed E-state index contributed by atoms with van der Waals surface area (Å²) >= 11 is 5.43. The Hall–Kier alpha value is -2.21. The first-order valence-corrected chi connectivity index (χ1v) is 8.35. The van der Waals surface area contributed by atoms with Gasteiger partial charge in [0.2, 0.25) is 0 Å². The van der Waals surface area contributed by atoms with Crippen molar-refractivity contribution in [3.05, 3.63) is 41.6 Å². The van der Waals surface area contributed by atoms with Gasteiger partial charge in [0.15, 0.2) is 5.65 Å². The Bertz CT molecular complexity index is 944. The monoisotopic (exact) mass is 363 g/mol. The van der Waals surface area contributed by atoms with Gasteiger partial charge in [0, 0.05) is 18.5 Å². The molecule has 7 heteroatoms. The van der Waals surface area contributed by atoms with E-state index >= 15 is 0 Å². The molecule has 2 aromatic heterocycles. The highest BCUT2D eigenvalue weighted by molar-refractivity contribution is 6.22. The number of nitrogens with zero attached hydrogens (tertiary/aromatic N) is 3. The van der Waals surface area contributed by atoms with E-state index in [9.17, 15) is 8.78 Å². The largest absolute Gasteiger partial charge is 0.497 e. The summed E-state index contributed by atoms with van der Waals surface area (Å²) in [6.45, 7) is 0. The zero-order valence-electron chi connectivity index (χ0n) is 13.8. The van der Waals surface area contributed by atoms with Crippen LogP contribution in [0.4, 0.5) is 8.78 Å². The fourth-order valence-electron chi connectivity index (χ4n) is 3.05. The van der Waals surface area contributed by atoms with E-state index in [4.69, 9.17) is 16.3 Å². The highest BCUT2D eigenvalue weighted by atomic mass is 35.5. The summed E-state index contributed by atoms with van der Waals surface area (Å²) in [5.74, 6) is 0.902. The number of alkyl halides is 3. The molecule has 0 amide bonds. The molecule has 1 aliphatic carbocycles. The van der Waals surface area contributed by atoms with Gasteiger partial charge < -0.3 is 4.74 Å². The number of fused-ring (bicyclic) bond motifs is 1. The Kier molecular flexibility index (Phi) is 3.68. The standard InChI is InChI=1S/C18H16ClF2N3O/c1-24-17-15(16(23-24)11-3-4-11)13(18(19,20)21)9-14(22-17)10-5-7-12(25-2)8-6-10/h5-9,11H,3-4H2,1-2H3. The first kappa shape index (κ1) is 16.3.